The van der Waals surface area contributed by atoms with E-state index in [1.807, 2.05) is 13.2 Å². The molecule has 54 valence electrons. The van der Waals surface area contributed by atoms with Crippen molar-refractivity contribution in [1.82, 2.24) is 9.97 Å². The lowest BCUT2D eigenvalue weighted by Crippen LogP contribution is -1.87. The number of nitrogens with one attached hydrogen (secondary N) is 2. The highest BCUT2D eigenvalue weighted by atomic mass is 15.0. The summed E-state index contributed by atoms with van der Waals surface area (Å²) < 4.78 is 0. The monoisotopic (exact) mass is 137 g/mol. The van der Waals surface area contributed by atoms with E-state index in [1.165, 1.54) is 12.8 Å². The Morgan fingerprint density at radius 3 is 3.00 bits per heavy atom. The molecule has 2 rings (SSSR count). The molecule has 1 aliphatic carbocycles. The minimum absolute atomic E-state index is 0.724. The van der Waals surface area contributed by atoms with Crippen molar-refractivity contribution in [3.05, 3.63) is 12.0 Å². The minimum Gasteiger partial charge on any atom is -0.373 e. The Morgan fingerprint density at radius 1 is 1.70 bits per heavy atom. The number of hydrogen-bond acceptors (Lipinski definition) is 2. The van der Waals surface area contributed by atoms with Crippen LogP contribution in [0.5, 0.6) is 0 Å². The average molecular weight is 137 g/mol. The second-order valence-electron chi connectivity index (χ2n) is 2.71. The predicted molar refractivity (Wildman–Crippen MR) is 40.1 cm³/mol. The number of nitrogens with zero attached hydrogens (tertiary/aromatic N) is 1. The van der Waals surface area contributed by atoms with Crippen LogP contribution < -0.4 is 5.32 Å². The molecule has 1 fully saturated rings. The molecule has 0 aromatic carbocycles. The maximum Gasteiger partial charge on any atom is 0.123 e. The summed E-state index contributed by atoms with van der Waals surface area (Å²) in [7, 11) is 1.89. The van der Waals surface area contributed by atoms with Gasteiger partial charge in [0.2, 0.25) is 0 Å². The second kappa shape index (κ2) is 2.01. The molecule has 0 bridgehead atoms. The number of rotatable bonds is 2. The average Bonchev–Trinajstić information content (AvgIpc) is 2.70. The van der Waals surface area contributed by atoms with Crippen LogP contribution in [0.3, 0.4) is 0 Å². The molecule has 2 N–H and O–H groups in total. The lowest BCUT2D eigenvalue weighted by molar-refractivity contribution is 0.976. The Bertz CT molecular complexity index is 225. The van der Waals surface area contributed by atoms with Crippen LogP contribution in [-0.2, 0) is 0 Å². The predicted octanol–water partition coefficient (Wildman–Crippen LogP) is 1.33. The molecule has 0 aliphatic heterocycles. The van der Waals surface area contributed by atoms with E-state index < -0.39 is 0 Å². The Kier molecular flexibility index (Phi) is 1.16. The molecule has 1 aromatic heterocycles. The van der Waals surface area contributed by atoms with Gasteiger partial charge >= 0.3 is 0 Å². The Morgan fingerprint density at radius 2 is 2.50 bits per heavy atom. The van der Waals surface area contributed by atoms with Crippen molar-refractivity contribution in [3.8, 4) is 0 Å². The molecule has 0 unspecified atom stereocenters. The molecular formula is C7H11N3. The number of aromatic nitrogens is 2. The van der Waals surface area contributed by atoms with E-state index in [4.69, 9.17) is 0 Å². The maximum atomic E-state index is 4.23. The molecule has 0 amide bonds. The summed E-state index contributed by atoms with van der Waals surface area (Å²) in [5.41, 5.74) is 0. The van der Waals surface area contributed by atoms with Gasteiger partial charge in [-0.15, -0.1) is 0 Å². The smallest absolute Gasteiger partial charge is 0.123 e. The van der Waals surface area contributed by atoms with Crippen molar-refractivity contribution in [2.24, 2.45) is 0 Å². The van der Waals surface area contributed by atoms with Gasteiger partial charge in [0.25, 0.3) is 0 Å². The van der Waals surface area contributed by atoms with Crippen molar-refractivity contribution in [3.63, 3.8) is 0 Å². The first kappa shape index (κ1) is 5.77. The van der Waals surface area contributed by atoms with Gasteiger partial charge < -0.3 is 10.3 Å². The third kappa shape index (κ3) is 0.875. The zero-order chi connectivity index (χ0) is 6.97. The number of aromatic amines is 1. The molecule has 0 radical (unpaired) electrons. The summed E-state index contributed by atoms with van der Waals surface area (Å²) in [6.45, 7) is 0. The molecular weight excluding hydrogens is 126 g/mol. The van der Waals surface area contributed by atoms with Crippen LogP contribution in [0.25, 0.3) is 0 Å². The molecule has 1 heterocycles. The van der Waals surface area contributed by atoms with Gasteiger partial charge in [0.05, 0.1) is 6.20 Å². The summed E-state index contributed by atoms with van der Waals surface area (Å²) in [4.78, 5) is 7.43. The fourth-order valence-corrected chi connectivity index (χ4v) is 1.03. The standard InChI is InChI=1S/C7H11N3/c1-8-6-4-9-7(10-6)5-2-3-5/h4-5,8H,2-3H2,1H3,(H,9,10). The summed E-state index contributed by atoms with van der Waals surface area (Å²) in [5.74, 6) is 2.88. The van der Waals surface area contributed by atoms with E-state index in [-0.39, 0.29) is 0 Å². The van der Waals surface area contributed by atoms with Crippen LogP contribution in [-0.4, -0.2) is 17.0 Å². The zero-order valence-corrected chi connectivity index (χ0v) is 6.02. The molecule has 1 aromatic rings. The number of hydrogen-bond donors (Lipinski definition) is 2. The largest absolute Gasteiger partial charge is 0.373 e. The van der Waals surface area contributed by atoms with Crippen molar-refractivity contribution in [2.45, 2.75) is 18.8 Å². The Labute approximate surface area is 59.9 Å². The third-order valence-corrected chi connectivity index (χ3v) is 1.83. The topological polar surface area (TPSA) is 40.7 Å². The first-order valence-corrected chi connectivity index (χ1v) is 3.63. The molecule has 0 atom stereocenters. The Hall–Kier alpha value is -0.990. The van der Waals surface area contributed by atoms with E-state index in [9.17, 15) is 0 Å². The van der Waals surface area contributed by atoms with Crippen molar-refractivity contribution >= 4 is 5.82 Å². The van der Waals surface area contributed by atoms with E-state index in [0.29, 0.717) is 0 Å². The molecule has 3 nitrogen and oxygen atoms in total. The highest BCUT2D eigenvalue weighted by molar-refractivity contribution is 5.32. The first-order chi connectivity index (χ1) is 4.90. The van der Waals surface area contributed by atoms with Crippen LogP contribution in [0.2, 0.25) is 0 Å². The lowest BCUT2D eigenvalue weighted by atomic mass is 10.4. The van der Waals surface area contributed by atoms with Crippen molar-refractivity contribution in [1.29, 1.82) is 0 Å². The number of anilines is 1. The number of H-pyrrole nitrogens is 1. The van der Waals surface area contributed by atoms with Gasteiger partial charge in [-0.25, -0.2) is 4.98 Å². The van der Waals surface area contributed by atoms with Crippen molar-refractivity contribution < 1.29 is 0 Å². The van der Waals surface area contributed by atoms with Crippen LogP contribution >= 0.6 is 0 Å². The summed E-state index contributed by atoms with van der Waals surface area (Å²) >= 11 is 0. The Balaban J connectivity index is 2.19. The fourth-order valence-electron chi connectivity index (χ4n) is 1.03. The van der Waals surface area contributed by atoms with E-state index in [1.54, 1.807) is 0 Å². The van der Waals surface area contributed by atoms with Crippen LogP contribution in [0, 0.1) is 0 Å². The van der Waals surface area contributed by atoms with Crippen LogP contribution in [0.1, 0.15) is 24.6 Å². The molecule has 0 spiro atoms. The summed E-state index contributed by atoms with van der Waals surface area (Å²) in [6.07, 6.45) is 4.45. The van der Waals surface area contributed by atoms with Gasteiger partial charge in [0, 0.05) is 13.0 Å². The molecule has 1 saturated carbocycles. The minimum atomic E-state index is 0.724. The van der Waals surface area contributed by atoms with Gasteiger partial charge in [-0.3, -0.25) is 0 Å². The SMILES string of the molecule is CNc1cnc(C2CC2)[nH]1. The fraction of sp³-hybridized carbons (Fsp3) is 0.571. The maximum absolute atomic E-state index is 4.23. The lowest BCUT2D eigenvalue weighted by Gasteiger charge is -1.90. The summed E-state index contributed by atoms with van der Waals surface area (Å²) in [6, 6.07) is 0. The second-order valence-corrected chi connectivity index (χ2v) is 2.71. The molecule has 10 heavy (non-hydrogen) atoms. The molecule has 1 aliphatic rings. The quantitative estimate of drug-likeness (QED) is 0.645. The number of imidazole rings is 1. The highest BCUT2D eigenvalue weighted by Crippen LogP contribution is 2.38. The van der Waals surface area contributed by atoms with Crippen LogP contribution in [0.4, 0.5) is 5.82 Å². The van der Waals surface area contributed by atoms with Gasteiger partial charge in [-0.1, -0.05) is 0 Å². The summed E-state index contributed by atoms with van der Waals surface area (Å²) in [5, 5.41) is 3.01. The van der Waals surface area contributed by atoms with E-state index in [2.05, 4.69) is 15.3 Å². The third-order valence-electron chi connectivity index (χ3n) is 1.83. The van der Waals surface area contributed by atoms with Crippen molar-refractivity contribution in [2.75, 3.05) is 12.4 Å². The molecule has 3 heteroatoms. The van der Waals surface area contributed by atoms with E-state index >= 15 is 0 Å². The van der Waals surface area contributed by atoms with E-state index in [0.717, 1.165) is 17.6 Å². The normalized spacial score (nSPS) is 17.3. The van der Waals surface area contributed by atoms with Gasteiger partial charge in [-0.2, -0.15) is 0 Å². The van der Waals surface area contributed by atoms with Gasteiger partial charge in [0.15, 0.2) is 0 Å². The molecule has 0 saturated heterocycles. The first-order valence-electron chi connectivity index (χ1n) is 3.63. The van der Waals surface area contributed by atoms with Gasteiger partial charge in [-0.05, 0) is 12.8 Å². The van der Waals surface area contributed by atoms with Crippen LogP contribution in [0.15, 0.2) is 6.20 Å². The van der Waals surface area contributed by atoms with Gasteiger partial charge in [0.1, 0.15) is 11.6 Å². The highest BCUT2D eigenvalue weighted by Gasteiger charge is 2.26. The zero-order valence-electron chi connectivity index (χ0n) is 6.02.